The maximum absolute atomic E-state index is 14.3. The van der Waals surface area contributed by atoms with Crippen LogP contribution in [0.25, 0.3) is 10.9 Å². The standard InChI is InChI=1S/C21H18F2N2O4/c22-13-3-1-4-14(23)12(13)9-25-15-5-2-6-17(29-10-18(26)27)20(15)19-11(21(24)28)7-8-16(19)25/h1-6,11H,7-10H2,(H2,24,28)(H,26,27). The predicted molar refractivity (Wildman–Crippen MR) is 101 cm³/mol. The molecule has 1 unspecified atom stereocenters. The van der Waals surface area contributed by atoms with Gasteiger partial charge in [-0.3, -0.25) is 4.79 Å². The first kappa shape index (κ1) is 18.9. The number of nitrogens with two attached hydrogens (primary N) is 1. The van der Waals surface area contributed by atoms with E-state index in [0.29, 0.717) is 35.1 Å². The van der Waals surface area contributed by atoms with Crippen molar-refractivity contribution in [2.75, 3.05) is 6.61 Å². The Morgan fingerprint density at radius 3 is 2.52 bits per heavy atom. The monoisotopic (exact) mass is 400 g/mol. The van der Waals surface area contributed by atoms with Gasteiger partial charge in [0, 0.05) is 16.6 Å². The molecule has 150 valence electrons. The number of carbonyl (C=O) groups is 2. The van der Waals surface area contributed by atoms with Gasteiger partial charge in [-0.25, -0.2) is 13.6 Å². The minimum Gasteiger partial charge on any atom is -0.481 e. The average molecular weight is 400 g/mol. The van der Waals surface area contributed by atoms with Gasteiger partial charge in [-0.15, -0.1) is 0 Å². The number of nitrogens with zero attached hydrogens (tertiary/aromatic N) is 1. The van der Waals surface area contributed by atoms with Crippen LogP contribution in [0.4, 0.5) is 8.78 Å². The number of carbonyl (C=O) groups excluding carboxylic acids is 1. The molecule has 0 radical (unpaired) electrons. The summed E-state index contributed by atoms with van der Waals surface area (Å²) in [6.45, 7) is -0.625. The number of hydrogen-bond acceptors (Lipinski definition) is 3. The lowest BCUT2D eigenvalue weighted by atomic mass is 9.99. The molecule has 6 nitrogen and oxygen atoms in total. The highest BCUT2D eigenvalue weighted by atomic mass is 19.1. The molecule has 0 spiro atoms. The number of rotatable bonds is 6. The van der Waals surface area contributed by atoms with Crippen molar-refractivity contribution in [1.29, 1.82) is 0 Å². The van der Waals surface area contributed by atoms with Gasteiger partial charge in [-0.1, -0.05) is 12.1 Å². The highest BCUT2D eigenvalue weighted by Gasteiger charge is 2.34. The number of carboxylic acid groups (broad SMARTS) is 1. The first-order valence-corrected chi connectivity index (χ1v) is 9.09. The Kier molecular flexibility index (Phi) is 4.70. The van der Waals surface area contributed by atoms with Gasteiger partial charge in [0.05, 0.1) is 18.0 Å². The van der Waals surface area contributed by atoms with E-state index in [2.05, 4.69) is 0 Å². The molecular formula is C21H18F2N2O4. The minimum absolute atomic E-state index is 0.0712. The lowest BCUT2D eigenvalue weighted by Gasteiger charge is -2.12. The van der Waals surface area contributed by atoms with Crippen LogP contribution in [0.15, 0.2) is 36.4 Å². The van der Waals surface area contributed by atoms with Gasteiger partial charge < -0.3 is 20.1 Å². The van der Waals surface area contributed by atoms with Crippen molar-refractivity contribution in [1.82, 2.24) is 4.57 Å². The Morgan fingerprint density at radius 1 is 1.17 bits per heavy atom. The van der Waals surface area contributed by atoms with E-state index in [0.717, 1.165) is 5.69 Å². The largest absolute Gasteiger partial charge is 0.481 e. The molecule has 1 atom stereocenters. The van der Waals surface area contributed by atoms with E-state index in [1.54, 1.807) is 22.8 Å². The summed E-state index contributed by atoms with van der Waals surface area (Å²) in [6, 6.07) is 8.71. The highest BCUT2D eigenvalue weighted by molar-refractivity contribution is 5.97. The van der Waals surface area contributed by atoms with Crippen LogP contribution in [0, 0.1) is 11.6 Å². The molecule has 0 saturated heterocycles. The topological polar surface area (TPSA) is 94.6 Å². The third-order valence-electron chi connectivity index (χ3n) is 5.29. The van der Waals surface area contributed by atoms with Crippen molar-refractivity contribution in [2.24, 2.45) is 5.73 Å². The second kappa shape index (κ2) is 7.20. The highest BCUT2D eigenvalue weighted by Crippen LogP contribution is 2.44. The molecule has 1 amide bonds. The van der Waals surface area contributed by atoms with Gasteiger partial charge in [0.1, 0.15) is 17.4 Å². The van der Waals surface area contributed by atoms with Gasteiger partial charge in [0.25, 0.3) is 0 Å². The minimum atomic E-state index is -1.14. The quantitative estimate of drug-likeness (QED) is 0.665. The Balaban J connectivity index is 1.93. The van der Waals surface area contributed by atoms with Crippen LogP contribution in [0.2, 0.25) is 0 Å². The summed E-state index contributed by atoms with van der Waals surface area (Å²) in [5.74, 6) is -3.26. The lowest BCUT2D eigenvalue weighted by Crippen LogP contribution is -2.19. The van der Waals surface area contributed by atoms with Gasteiger partial charge in [-0.2, -0.15) is 0 Å². The zero-order valence-corrected chi connectivity index (χ0v) is 15.3. The van der Waals surface area contributed by atoms with Crippen LogP contribution in [0.3, 0.4) is 0 Å². The first-order chi connectivity index (χ1) is 13.9. The zero-order chi connectivity index (χ0) is 20.7. The van der Waals surface area contributed by atoms with Gasteiger partial charge in [0.2, 0.25) is 5.91 Å². The number of aliphatic carboxylic acids is 1. The van der Waals surface area contributed by atoms with Crippen molar-refractivity contribution in [3.05, 3.63) is 64.9 Å². The maximum Gasteiger partial charge on any atom is 0.341 e. The predicted octanol–water partition coefficient (Wildman–Crippen LogP) is 2.95. The number of hydrogen-bond donors (Lipinski definition) is 2. The summed E-state index contributed by atoms with van der Waals surface area (Å²) in [5.41, 5.74) is 7.49. The van der Waals surface area contributed by atoms with Crippen molar-refractivity contribution >= 4 is 22.8 Å². The summed E-state index contributed by atoms with van der Waals surface area (Å²) in [5, 5.41) is 9.51. The fourth-order valence-electron chi connectivity index (χ4n) is 4.09. The number of ether oxygens (including phenoxy) is 1. The molecule has 3 N–H and O–H groups in total. The number of fused-ring (bicyclic) bond motifs is 3. The van der Waals surface area contributed by atoms with E-state index < -0.39 is 36.0 Å². The summed E-state index contributed by atoms with van der Waals surface area (Å²) in [4.78, 5) is 23.0. The van der Waals surface area contributed by atoms with E-state index >= 15 is 0 Å². The van der Waals surface area contributed by atoms with Crippen LogP contribution in [-0.4, -0.2) is 28.2 Å². The number of carboxylic acids is 1. The van der Waals surface area contributed by atoms with Crippen LogP contribution in [0.5, 0.6) is 5.75 Å². The van der Waals surface area contributed by atoms with Crippen LogP contribution in [0.1, 0.15) is 29.2 Å². The lowest BCUT2D eigenvalue weighted by molar-refractivity contribution is -0.139. The Hall–Kier alpha value is -3.42. The van der Waals surface area contributed by atoms with E-state index in [9.17, 15) is 18.4 Å². The molecule has 1 aliphatic rings. The van der Waals surface area contributed by atoms with Crippen molar-refractivity contribution in [3.63, 3.8) is 0 Å². The number of amides is 1. The molecule has 1 aromatic heterocycles. The smallest absolute Gasteiger partial charge is 0.341 e. The molecule has 0 aliphatic heterocycles. The second-order valence-electron chi connectivity index (χ2n) is 6.97. The third-order valence-corrected chi connectivity index (χ3v) is 5.29. The molecule has 3 aromatic rings. The number of aromatic nitrogens is 1. The molecule has 0 saturated carbocycles. The third kappa shape index (κ3) is 3.20. The Morgan fingerprint density at radius 2 is 1.86 bits per heavy atom. The molecule has 1 heterocycles. The molecule has 4 rings (SSSR count). The van der Waals surface area contributed by atoms with Gasteiger partial charge in [-0.05, 0) is 42.7 Å². The van der Waals surface area contributed by atoms with Crippen LogP contribution >= 0.6 is 0 Å². The molecule has 8 heteroatoms. The molecular weight excluding hydrogens is 382 g/mol. The molecule has 2 aromatic carbocycles. The molecule has 29 heavy (non-hydrogen) atoms. The van der Waals surface area contributed by atoms with E-state index in [1.165, 1.54) is 18.2 Å². The zero-order valence-electron chi connectivity index (χ0n) is 15.3. The van der Waals surface area contributed by atoms with Crippen LogP contribution < -0.4 is 10.5 Å². The van der Waals surface area contributed by atoms with Crippen molar-refractivity contribution in [3.8, 4) is 5.75 Å². The Bertz CT molecular complexity index is 1120. The van der Waals surface area contributed by atoms with E-state index in [4.69, 9.17) is 15.6 Å². The second-order valence-corrected chi connectivity index (χ2v) is 6.97. The SMILES string of the molecule is NC(=O)C1CCc2c1c1c(OCC(=O)O)cccc1n2Cc1c(F)cccc1F. The first-order valence-electron chi connectivity index (χ1n) is 9.09. The van der Waals surface area contributed by atoms with Gasteiger partial charge in [0.15, 0.2) is 6.61 Å². The molecule has 0 bridgehead atoms. The molecule has 1 aliphatic carbocycles. The maximum atomic E-state index is 14.3. The number of halogens is 2. The fourth-order valence-corrected chi connectivity index (χ4v) is 4.09. The van der Waals surface area contributed by atoms with Gasteiger partial charge >= 0.3 is 5.97 Å². The number of benzene rings is 2. The van der Waals surface area contributed by atoms with Crippen molar-refractivity contribution < 1.29 is 28.2 Å². The summed E-state index contributed by atoms with van der Waals surface area (Å²) in [7, 11) is 0. The number of primary amides is 1. The molecule has 0 fully saturated rings. The van der Waals surface area contributed by atoms with Crippen molar-refractivity contribution in [2.45, 2.75) is 25.3 Å². The van der Waals surface area contributed by atoms with E-state index in [-0.39, 0.29) is 12.1 Å². The fraction of sp³-hybridized carbons (Fsp3) is 0.238. The van der Waals surface area contributed by atoms with E-state index in [1.807, 2.05) is 0 Å². The normalized spacial score (nSPS) is 15.4. The van der Waals surface area contributed by atoms with Crippen LogP contribution in [-0.2, 0) is 22.6 Å². The Labute approximate surface area is 164 Å². The summed E-state index contributed by atoms with van der Waals surface area (Å²) in [6.07, 6.45) is 0.981. The summed E-state index contributed by atoms with van der Waals surface area (Å²) < 4.78 is 35.7. The average Bonchev–Trinajstić information content (AvgIpc) is 3.22. The summed E-state index contributed by atoms with van der Waals surface area (Å²) >= 11 is 0.